The molecule has 0 spiro atoms. The number of Topliss-reactive ketones (excluding diaryl/α,β-unsaturated/α-hetero) is 1. The van der Waals surface area contributed by atoms with Crippen LogP contribution in [-0.4, -0.2) is 20.7 Å². The van der Waals surface area contributed by atoms with Gasteiger partial charge in [0.05, 0.1) is 17.0 Å². The van der Waals surface area contributed by atoms with Gasteiger partial charge in [0.15, 0.2) is 5.78 Å². The van der Waals surface area contributed by atoms with Crippen LogP contribution in [-0.2, 0) is 10.0 Å². The topological polar surface area (TPSA) is 63.2 Å². The lowest BCUT2D eigenvalue weighted by molar-refractivity contribution is 0.0993. The molecule has 4 nitrogen and oxygen atoms in total. The molecule has 1 N–H and O–H groups in total. The summed E-state index contributed by atoms with van der Waals surface area (Å²) in [5.41, 5.74) is 1.57. The summed E-state index contributed by atoms with van der Waals surface area (Å²) in [6.45, 7) is 1.25. The van der Waals surface area contributed by atoms with Crippen molar-refractivity contribution in [2.75, 3.05) is 6.54 Å². The van der Waals surface area contributed by atoms with Gasteiger partial charge in [-0.1, -0.05) is 54.6 Å². The van der Waals surface area contributed by atoms with Gasteiger partial charge in [0.1, 0.15) is 5.82 Å². The first-order valence-electron chi connectivity index (χ1n) is 8.32. The largest absolute Gasteiger partial charge is 0.293 e. The van der Waals surface area contributed by atoms with E-state index in [4.69, 9.17) is 0 Å². The first-order valence-corrected chi connectivity index (χ1v) is 9.80. The number of sulfonamides is 1. The molecule has 0 amide bonds. The second-order valence-electron chi connectivity index (χ2n) is 6.10. The van der Waals surface area contributed by atoms with Gasteiger partial charge in [-0.15, -0.1) is 0 Å². The third kappa shape index (κ3) is 4.30. The normalized spacial score (nSPS) is 11.3. The molecular formula is C21H18FNO3S. The number of rotatable bonds is 6. The van der Waals surface area contributed by atoms with Crippen LogP contribution in [0.25, 0.3) is 11.1 Å². The third-order valence-corrected chi connectivity index (χ3v) is 5.51. The highest BCUT2D eigenvalue weighted by Gasteiger charge is 2.19. The molecule has 3 aromatic rings. The predicted octanol–water partition coefficient (Wildman–Crippen LogP) is 3.96. The number of carbonyl (C=O) groups excluding carboxylic acids is 1. The van der Waals surface area contributed by atoms with Crippen molar-refractivity contribution in [1.82, 2.24) is 4.72 Å². The third-order valence-electron chi connectivity index (χ3n) is 4.11. The van der Waals surface area contributed by atoms with Crippen LogP contribution in [0.2, 0.25) is 0 Å². The van der Waals surface area contributed by atoms with E-state index in [9.17, 15) is 17.6 Å². The Labute approximate surface area is 157 Å². The Hall–Kier alpha value is -2.83. The Morgan fingerprint density at radius 1 is 0.963 bits per heavy atom. The highest BCUT2D eigenvalue weighted by Crippen LogP contribution is 2.25. The highest BCUT2D eigenvalue weighted by atomic mass is 32.2. The van der Waals surface area contributed by atoms with Gasteiger partial charge in [-0.2, -0.15) is 0 Å². The molecule has 0 bridgehead atoms. The summed E-state index contributed by atoms with van der Waals surface area (Å²) >= 11 is 0. The maximum absolute atomic E-state index is 14.8. The second kappa shape index (κ2) is 7.82. The number of aryl methyl sites for hydroxylation is 1. The maximum Gasteiger partial charge on any atom is 0.240 e. The predicted molar refractivity (Wildman–Crippen MR) is 103 cm³/mol. The lowest BCUT2D eigenvalue weighted by Gasteiger charge is -2.10. The van der Waals surface area contributed by atoms with Gasteiger partial charge in [0.25, 0.3) is 0 Å². The summed E-state index contributed by atoms with van der Waals surface area (Å²) < 4.78 is 41.7. The minimum absolute atomic E-state index is 0.0637. The van der Waals surface area contributed by atoms with E-state index >= 15 is 0 Å². The summed E-state index contributed by atoms with van der Waals surface area (Å²) in [4.78, 5) is 12.5. The Kier molecular flexibility index (Phi) is 5.48. The van der Waals surface area contributed by atoms with Crippen LogP contribution in [0.15, 0.2) is 77.7 Å². The van der Waals surface area contributed by atoms with Gasteiger partial charge < -0.3 is 0 Å². The number of nitrogens with one attached hydrogen (secondary N) is 1. The van der Waals surface area contributed by atoms with Gasteiger partial charge in [-0.25, -0.2) is 17.5 Å². The van der Waals surface area contributed by atoms with E-state index in [0.717, 1.165) is 5.56 Å². The fourth-order valence-electron chi connectivity index (χ4n) is 2.71. The van der Waals surface area contributed by atoms with E-state index in [0.29, 0.717) is 11.1 Å². The van der Waals surface area contributed by atoms with E-state index in [1.54, 1.807) is 55.5 Å². The van der Waals surface area contributed by atoms with Crippen molar-refractivity contribution in [3.05, 3.63) is 89.7 Å². The molecule has 0 unspecified atom stereocenters. The lowest BCUT2D eigenvalue weighted by atomic mass is 10.0. The fraction of sp³-hybridized carbons (Fsp3) is 0.0952. The van der Waals surface area contributed by atoms with Gasteiger partial charge in [0.2, 0.25) is 10.0 Å². The molecule has 0 radical (unpaired) electrons. The van der Waals surface area contributed by atoms with Gasteiger partial charge in [-0.05, 0) is 36.2 Å². The van der Waals surface area contributed by atoms with Crippen LogP contribution in [0.1, 0.15) is 15.9 Å². The smallest absolute Gasteiger partial charge is 0.240 e. The minimum Gasteiger partial charge on any atom is -0.293 e. The standard InChI is InChI=1S/C21H18FNO3S/c1-15-7-5-10-17(13-15)27(25,26)23-14-20(24)19-12-6-11-18(21(19)22)16-8-3-2-4-9-16/h2-13,23H,14H2,1H3. The van der Waals surface area contributed by atoms with E-state index < -0.39 is 28.2 Å². The number of benzene rings is 3. The quantitative estimate of drug-likeness (QED) is 0.656. The Balaban J connectivity index is 1.81. The van der Waals surface area contributed by atoms with Gasteiger partial charge in [-0.3, -0.25) is 4.79 Å². The molecule has 0 atom stereocenters. The molecule has 6 heteroatoms. The molecule has 0 heterocycles. The molecular weight excluding hydrogens is 365 g/mol. The number of hydrogen-bond acceptors (Lipinski definition) is 3. The first-order chi connectivity index (χ1) is 12.9. The summed E-state index contributed by atoms with van der Waals surface area (Å²) in [6.07, 6.45) is 0. The van der Waals surface area contributed by atoms with Crippen molar-refractivity contribution in [2.24, 2.45) is 0 Å². The van der Waals surface area contributed by atoms with Crippen LogP contribution < -0.4 is 4.72 Å². The van der Waals surface area contributed by atoms with Crippen LogP contribution in [0.4, 0.5) is 4.39 Å². The molecule has 3 rings (SSSR count). The summed E-state index contributed by atoms with van der Waals surface area (Å²) in [5, 5.41) is 0. The average Bonchev–Trinajstić information content (AvgIpc) is 2.67. The average molecular weight is 383 g/mol. The molecule has 0 aliphatic carbocycles. The molecule has 0 aliphatic rings. The summed E-state index contributed by atoms with van der Waals surface area (Å²) in [5.74, 6) is -1.30. The Morgan fingerprint density at radius 2 is 1.67 bits per heavy atom. The fourth-order valence-corrected chi connectivity index (χ4v) is 3.80. The van der Waals surface area contributed by atoms with Crippen molar-refractivity contribution >= 4 is 15.8 Å². The molecule has 3 aromatic carbocycles. The van der Waals surface area contributed by atoms with Gasteiger partial charge >= 0.3 is 0 Å². The lowest BCUT2D eigenvalue weighted by Crippen LogP contribution is -2.30. The first kappa shape index (κ1) is 18.9. The molecule has 0 aromatic heterocycles. The Bertz CT molecular complexity index is 1080. The van der Waals surface area contributed by atoms with Crippen LogP contribution >= 0.6 is 0 Å². The zero-order valence-corrected chi connectivity index (χ0v) is 15.5. The second-order valence-corrected chi connectivity index (χ2v) is 7.86. The monoisotopic (exact) mass is 383 g/mol. The van der Waals surface area contributed by atoms with E-state index in [1.807, 2.05) is 6.07 Å². The zero-order valence-electron chi connectivity index (χ0n) is 14.6. The molecule has 0 aliphatic heterocycles. The van der Waals surface area contributed by atoms with E-state index in [1.165, 1.54) is 18.2 Å². The van der Waals surface area contributed by atoms with Gasteiger partial charge in [0, 0.05) is 5.56 Å². The minimum atomic E-state index is -3.85. The van der Waals surface area contributed by atoms with Crippen molar-refractivity contribution in [2.45, 2.75) is 11.8 Å². The van der Waals surface area contributed by atoms with E-state index in [-0.39, 0.29) is 10.5 Å². The van der Waals surface area contributed by atoms with Crippen molar-refractivity contribution in [1.29, 1.82) is 0 Å². The highest BCUT2D eigenvalue weighted by molar-refractivity contribution is 7.89. The van der Waals surface area contributed by atoms with Crippen LogP contribution in [0, 0.1) is 12.7 Å². The number of halogens is 1. The molecule has 138 valence electrons. The SMILES string of the molecule is Cc1cccc(S(=O)(=O)NCC(=O)c2cccc(-c3ccccc3)c2F)c1. The van der Waals surface area contributed by atoms with Crippen molar-refractivity contribution in [3.8, 4) is 11.1 Å². The summed E-state index contributed by atoms with van der Waals surface area (Å²) in [6, 6.07) is 19.7. The Morgan fingerprint density at radius 3 is 2.37 bits per heavy atom. The number of ketones is 1. The molecule has 0 saturated carbocycles. The number of hydrogen-bond donors (Lipinski definition) is 1. The van der Waals surface area contributed by atoms with Crippen molar-refractivity contribution < 1.29 is 17.6 Å². The van der Waals surface area contributed by atoms with Crippen LogP contribution in [0.5, 0.6) is 0 Å². The number of carbonyl (C=O) groups is 1. The summed E-state index contributed by atoms with van der Waals surface area (Å²) in [7, 11) is -3.85. The molecule has 0 fully saturated rings. The molecule has 0 saturated heterocycles. The van der Waals surface area contributed by atoms with Crippen LogP contribution in [0.3, 0.4) is 0 Å². The maximum atomic E-state index is 14.8. The van der Waals surface area contributed by atoms with E-state index in [2.05, 4.69) is 4.72 Å². The zero-order chi connectivity index (χ0) is 19.4. The van der Waals surface area contributed by atoms with Crippen molar-refractivity contribution in [3.63, 3.8) is 0 Å². The molecule has 27 heavy (non-hydrogen) atoms.